The lowest BCUT2D eigenvalue weighted by molar-refractivity contribution is -0.136. The number of hydrogen-bond donors (Lipinski definition) is 0. The summed E-state index contributed by atoms with van der Waals surface area (Å²) in [5, 5.41) is 0. The molecule has 5 nitrogen and oxygen atoms in total. The summed E-state index contributed by atoms with van der Waals surface area (Å²) in [6, 6.07) is 13.7. The highest BCUT2D eigenvalue weighted by atomic mass is 16.6. The Morgan fingerprint density at radius 3 is 2.58 bits per heavy atom. The zero-order valence-corrected chi connectivity index (χ0v) is 13.8. The van der Waals surface area contributed by atoms with Crippen LogP contribution < -0.4 is 9.47 Å². The summed E-state index contributed by atoms with van der Waals surface area (Å²) in [4.78, 5) is 23.7. The van der Waals surface area contributed by atoms with Crippen molar-refractivity contribution in [1.29, 1.82) is 0 Å². The molecule has 0 N–H and O–H groups in total. The molecule has 0 aliphatic heterocycles. The molecule has 0 aliphatic rings. The summed E-state index contributed by atoms with van der Waals surface area (Å²) >= 11 is 0. The van der Waals surface area contributed by atoms with Gasteiger partial charge in [-0.3, -0.25) is 0 Å². The zero-order chi connectivity index (χ0) is 17.4. The Hall–Kier alpha value is -2.82. The van der Waals surface area contributed by atoms with Gasteiger partial charge in [0, 0.05) is 0 Å². The number of ether oxygens (including phenoxy) is 3. The minimum absolute atomic E-state index is 0.213. The van der Waals surface area contributed by atoms with Crippen LogP contribution >= 0.6 is 0 Å². The first-order valence-electron chi connectivity index (χ1n) is 7.76. The lowest BCUT2D eigenvalue weighted by Gasteiger charge is -2.09. The monoisotopic (exact) mass is 328 g/mol. The first-order chi connectivity index (χ1) is 11.6. The standard InChI is InChI=1S/C19H20O5/c1-3-11-22-19(21)15-8-6-9-16(12-15)24-18(20)13-23-17-10-5-4-7-14(17)2/h4-10,12H,3,11,13H2,1-2H3. The number of carbonyl (C=O) groups excluding carboxylic acids is 2. The molecule has 0 aliphatic carbocycles. The van der Waals surface area contributed by atoms with Crippen molar-refractivity contribution >= 4 is 11.9 Å². The fourth-order valence-electron chi connectivity index (χ4n) is 1.98. The van der Waals surface area contributed by atoms with Gasteiger partial charge in [0.1, 0.15) is 11.5 Å². The molecule has 2 aromatic carbocycles. The highest BCUT2D eigenvalue weighted by molar-refractivity contribution is 5.90. The van der Waals surface area contributed by atoms with E-state index in [1.54, 1.807) is 24.3 Å². The van der Waals surface area contributed by atoms with Gasteiger partial charge in [-0.1, -0.05) is 31.2 Å². The van der Waals surface area contributed by atoms with Crippen molar-refractivity contribution < 1.29 is 23.8 Å². The number of hydrogen-bond acceptors (Lipinski definition) is 5. The fourth-order valence-corrected chi connectivity index (χ4v) is 1.98. The molecule has 24 heavy (non-hydrogen) atoms. The second-order valence-electron chi connectivity index (χ2n) is 5.19. The Morgan fingerprint density at radius 2 is 1.83 bits per heavy atom. The van der Waals surface area contributed by atoms with Gasteiger partial charge < -0.3 is 14.2 Å². The van der Waals surface area contributed by atoms with Gasteiger partial charge in [-0.05, 0) is 43.2 Å². The molecule has 0 heterocycles. The molecule has 0 saturated carbocycles. The van der Waals surface area contributed by atoms with Crippen LogP contribution in [0, 0.1) is 6.92 Å². The van der Waals surface area contributed by atoms with Gasteiger partial charge in [0.15, 0.2) is 6.61 Å². The number of esters is 2. The molecule has 0 bridgehead atoms. The van der Waals surface area contributed by atoms with E-state index in [1.165, 1.54) is 6.07 Å². The molecule has 0 aromatic heterocycles. The SMILES string of the molecule is CCCOC(=O)c1cccc(OC(=O)COc2ccccc2C)c1. The van der Waals surface area contributed by atoms with Crippen molar-refractivity contribution in [3.05, 3.63) is 59.7 Å². The minimum atomic E-state index is -0.544. The van der Waals surface area contributed by atoms with Crippen LogP contribution in [0.5, 0.6) is 11.5 Å². The average Bonchev–Trinajstić information content (AvgIpc) is 2.59. The first-order valence-corrected chi connectivity index (χ1v) is 7.76. The number of rotatable bonds is 7. The molecule has 0 amide bonds. The van der Waals surface area contributed by atoms with Crippen molar-refractivity contribution in [2.24, 2.45) is 0 Å². The van der Waals surface area contributed by atoms with Gasteiger partial charge >= 0.3 is 11.9 Å². The van der Waals surface area contributed by atoms with Crippen LogP contribution in [0.15, 0.2) is 48.5 Å². The molecule has 0 spiro atoms. The smallest absolute Gasteiger partial charge is 0.349 e. The Bertz CT molecular complexity index is 708. The summed E-state index contributed by atoms with van der Waals surface area (Å²) in [5.41, 5.74) is 1.28. The van der Waals surface area contributed by atoms with E-state index in [0.29, 0.717) is 17.9 Å². The molecule has 0 atom stereocenters. The highest BCUT2D eigenvalue weighted by Crippen LogP contribution is 2.17. The van der Waals surface area contributed by atoms with Gasteiger partial charge in [-0.2, -0.15) is 0 Å². The quantitative estimate of drug-likeness (QED) is 0.574. The molecule has 0 radical (unpaired) electrons. The Labute approximate surface area is 141 Å². The maximum Gasteiger partial charge on any atom is 0.349 e. The maximum absolute atomic E-state index is 11.9. The van der Waals surface area contributed by atoms with E-state index in [0.717, 1.165) is 12.0 Å². The van der Waals surface area contributed by atoms with Crippen LogP contribution in [0.25, 0.3) is 0 Å². The van der Waals surface area contributed by atoms with E-state index in [9.17, 15) is 9.59 Å². The summed E-state index contributed by atoms with van der Waals surface area (Å²) in [6.07, 6.45) is 0.747. The van der Waals surface area contributed by atoms with E-state index in [1.807, 2.05) is 32.0 Å². The van der Waals surface area contributed by atoms with Gasteiger partial charge in [-0.25, -0.2) is 9.59 Å². The molecule has 5 heteroatoms. The maximum atomic E-state index is 11.9. The van der Waals surface area contributed by atoms with Gasteiger partial charge in [0.25, 0.3) is 0 Å². The predicted octanol–water partition coefficient (Wildman–Crippen LogP) is 3.55. The third kappa shape index (κ3) is 5.12. The van der Waals surface area contributed by atoms with Crippen molar-refractivity contribution in [3.8, 4) is 11.5 Å². The van der Waals surface area contributed by atoms with E-state index in [4.69, 9.17) is 14.2 Å². The van der Waals surface area contributed by atoms with Gasteiger partial charge in [0.05, 0.1) is 12.2 Å². The lowest BCUT2D eigenvalue weighted by Crippen LogP contribution is -2.18. The molecule has 0 fully saturated rings. The summed E-state index contributed by atoms with van der Waals surface area (Å²) < 4.78 is 15.7. The van der Waals surface area contributed by atoms with Crippen LogP contribution in [0.4, 0.5) is 0 Å². The topological polar surface area (TPSA) is 61.8 Å². The van der Waals surface area contributed by atoms with Crippen molar-refractivity contribution in [2.75, 3.05) is 13.2 Å². The highest BCUT2D eigenvalue weighted by Gasteiger charge is 2.11. The number of para-hydroxylation sites is 1. The van der Waals surface area contributed by atoms with E-state index >= 15 is 0 Å². The number of benzene rings is 2. The van der Waals surface area contributed by atoms with E-state index in [2.05, 4.69) is 0 Å². The molecule has 2 rings (SSSR count). The predicted molar refractivity (Wildman–Crippen MR) is 89.3 cm³/mol. The van der Waals surface area contributed by atoms with Gasteiger partial charge in [0.2, 0.25) is 0 Å². The van der Waals surface area contributed by atoms with E-state index in [-0.39, 0.29) is 12.4 Å². The molecule has 126 valence electrons. The van der Waals surface area contributed by atoms with Crippen LogP contribution in [0.3, 0.4) is 0 Å². The Balaban J connectivity index is 1.92. The third-order valence-corrected chi connectivity index (χ3v) is 3.18. The third-order valence-electron chi connectivity index (χ3n) is 3.18. The normalized spacial score (nSPS) is 10.1. The number of aryl methyl sites for hydroxylation is 1. The molecular formula is C19H20O5. The molecule has 2 aromatic rings. The van der Waals surface area contributed by atoms with Crippen LogP contribution in [0.1, 0.15) is 29.3 Å². The summed E-state index contributed by atoms with van der Waals surface area (Å²) in [5.74, 6) is -0.0751. The second kappa shape index (κ2) is 8.72. The van der Waals surface area contributed by atoms with Crippen LogP contribution in [-0.2, 0) is 9.53 Å². The largest absolute Gasteiger partial charge is 0.482 e. The van der Waals surface area contributed by atoms with Crippen molar-refractivity contribution in [1.82, 2.24) is 0 Å². The summed E-state index contributed by atoms with van der Waals surface area (Å²) in [6.45, 7) is 3.95. The average molecular weight is 328 g/mol. The van der Waals surface area contributed by atoms with Crippen molar-refractivity contribution in [3.63, 3.8) is 0 Å². The molecular weight excluding hydrogens is 308 g/mol. The van der Waals surface area contributed by atoms with Gasteiger partial charge in [-0.15, -0.1) is 0 Å². The number of carbonyl (C=O) groups is 2. The molecule has 0 saturated heterocycles. The second-order valence-corrected chi connectivity index (χ2v) is 5.19. The van der Waals surface area contributed by atoms with Crippen molar-refractivity contribution in [2.45, 2.75) is 20.3 Å². The Morgan fingerprint density at radius 1 is 1.04 bits per heavy atom. The summed E-state index contributed by atoms with van der Waals surface area (Å²) in [7, 11) is 0. The zero-order valence-electron chi connectivity index (χ0n) is 13.8. The molecule has 0 unspecified atom stereocenters. The van der Waals surface area contributed by atoms with Crippen LogP contribution in [0.2, 0.25) is 0 Å². The Kier molecular flexibility index (Phi) is 6.37. The van der Waals surface area contributed by atoms with E-state index < -0.39 is 11.9 Å². The lowest BCUT2D eigenvalue weighted by atomic mass is 10.2. The first kappa shape index (κ1) is 17.5. The minimum Gasteiger partial charge on any atom is -0.482 e. The fraction of sp³-hybridized carbons (Fsp3) is 0.263. The van der Waals surface area contributed by atoms with Crippen LogP contribution in [-0.4, -0.2) is 25.2 Å².